The molecule has 4 nitrogen and oxygen atoms in total. The highest BCUT2D eigenvalue weighted by atomic mass is 16.5. The van der Waals surface area contributed by atoms with Gasteiger partial charge in [-0.25, -0.2) is 0 Å². The maximum absolute atomic E-state index is 10.9. The van der Waals surface area contributed by atoms with Gasteiger partial charge in [0, 0.05) is 19.3 Å². The lowest BCUT2D eigenvalue weighted by Crippen LogP contribution is -1.99. The maximum Gasteiger partial charge on any atom is 0.305 e. The number of aliphatic hydroxyl groups excluding tert-OH is 2. The van der Waals surface area contributed by atoms with Gasteiger partial charge in [0.2, 0.25) is 0 Å². The van der Waals surface area contributed by atoms with E-state index < -0.39 is 0 Å². The number of allylic oxidation sites excluding steroid dienone is 2. The molecule has 0 spiro atoms. The first kappa shape index (κ1) is 19.8. The molecule has 0 amide bonds. The van der Waals surface area contributed by atoms with E-state index in [1.807, 2.05) is 0 Å². The van der Waals surface area contributed by atoms with Crippen LogP contribution in [-0.2, 0) is 9.53 Å². The number of carbonyl (C=O) groups excluding carboxylic acids is 1. The Labute approximate surface area is 129 Å². The minimum Gasteiger partial charge on any atom is -0.509 e. The third-order valence-electron chi connectivity index (χ3n) is 3.62. The van der Waals surface area contributed by atoms with E-state index in [2.05, 4.69) is 11.7 Å². The van der Waals surface area contributed by atoms with Crippen LogP contribution in [0.15, 0.2) is 11.5 Å². The van der Waals surface area contributed by atoms with Gasteiger partial charge in [0.25, 0.3) is 0 Å². The van der Waals surface area contributed by atoms with Crippen LogP contribution >= 0.6 is 0 Å². The van der Waals surface area contributed by atoms with Gasteiger partial charge >= 0.3 is 5.97 Å². The largest absolute Gasteiger partial charge is 0.509 e. The third-order valence-corrected chi connectivity index (χ3v) is 3.62. The summed E-state index contributed by atoms with van der Waals surface area (Å²) in [5.41, 5.74) is 0. The quantitative estimate of drug-likeness (QED) is 0.279. The predicted molar refractivity (Wildman–Crippen MR) is 85.4 cm³/mol. The Morgan fingerprint density at radius 2 is 1.19 bits per heavy atom. The summed E-state index contributed by atoms with van der Waals surface area (Å²) in [6, 6.07) is 0. The van der Waals surface area contributed by atoms with E-state index in [9.17, 15) is 15.0 Å². The molecule has 2 N–H and O–H groups in total. The van der Waals surface area contributed by atoms with Gasteiger partial charge in [-0.15, -0.1) is 0 Å². The molecule has 0 bridgehead atoms. The first-order valence-electron chi connectivity index (χ1n) is 8.28. The van der Waals surface area contributed by atoms with Crippen LogP contribution < -0.4 is 0 Å². The number of rotatable bonds is 13. The molecule has 0 atom stereocenters. The SMILES string of the molecule is CCCCCC/C(O)=C(/O)CCCCCCCC(=O)OC. The number of methoxy groups -OCH3 is 1. The van der Waals surface area contributed by atoms with E-state index in [0.29, 0.717) is 19.3 Å². The van der Waals surface area contributed by atoms with Crippen LogP contribution in [-0.4, -0.2) is 23.3 Å². The van der Waals surface area contributed by atoms with Gasteiger partial charge < -0.3 is 14.9 Å². The van der Waals surface area contributed by atoms with Crippen molar-refractivity contribution in [3.05, 3.63) is 11.5 Å². The van der Waals surface area contributed by atoms with Crippen molar-refractivity contribution in [2.75, 3.05) is 7.11 Å². The van der Waals surface area contributed by atoms with E-state index in [1.165, 1.54) is 20.0 Å². The Morgan fingerprint density at radius 3 is 1.67 bits per heavy atom. The number of hydrogen-bond acceptors (Lipinski definition) is 4. The Hall–Kier alpha value is -1.19. The van der Waals surface area contributed by atoms with Gasteiger partial charge in [0.1, 0.15) is 11.5 Å². The van der Waals surface area contributed by atoms with Crippen LogP contribution in [0.4, 0.5) is 0 Å². The second kappa shape index (κ2) is 13.8. The number of ether oxygens (including phenoxy) is 1. The molecule has 0 aromatic heterocycles. The zero-order chi connectivity index (χ0) is 15.9. The summed E-state index contributed by atoms with van der Waals surface area (Å²) in [4.78, 5) is 10.9. The van der Waals surface area contributed by atoms with Crippen molar-refractivity contribution in [3.63, 3.8) is 0 Å². The summed E-state index contributed by atoms with van der Waals surface area (Å²) in [7, 11) is 1.41. The Morgan fingerprint density at radius 1 is 0.762 bits per heavy atom. The molecule has 0 aromatic rings. The minimum absolute atomic E-state index is 0.149. The smallest absolute Gasteiger partial charge is 0.305 e. The Kier molecular flexibility index (Phi) is 13.0. The lowest BCUT2D eigenvalue weighted by molar-refractivity contribution is -0.140. The molecule has 0 saturated carbocycles. The second-order valence-corrected chi connectivity index (χ2v) is 5.55. The van der Waals surface area contributed by atoms with E-state index >= 15 is 0 Å². The summed E-state index contributed by atoms with van der Waals surface area (Å²) in [5.74, 6) is 0.168. The van der Waals surface area contributed by atoms with Crippen LogP contribution in [0.2, 0.25) is 0 Å². The van der Waals surface area contributed by atoms with Crippen molar-refractivity contribution < 1.29 is 19.7 Å². The highest BCUT2D eigenvalue weighted by Gasteiger charge is 2.04. The normalized spacial score (nSPS) is 12.1. The number of hydrogen-bond donors (Lipinski definition) is 2. The molecule has 0 saturated heterocycles. The summed E-state index contributed by atoms with van der Waals surface area (Å²) in [5, 5.41) is 19.5. The van der Waals surface area contributed by atoms with Crippen LogP contribution in [0, 0.1) is 0 Å². The van der Waals surface area contributed by atoms with Crippen molar-refractivity contribution in [2.45, 2.75) is 84.0 Å². The standard InChI is InChI=1S/C17H32O4/c1-3-4-5-9-12-15(18)16(19)13-10-7-6-8-11-14-17(20)21-2/h18-19H,3-14H2,1-2H3/b16-15-. The summed E-state index contributed by atoms with van der Waals surface area (Å²) in [6.45, 7) is 2.15. The predicted octanol–water partition coefficient (Wildman–Crippen LogP) is 5.19. The molecular formula is C17H32O4. The molecule has 124 valence electrons. The molecule has 0 unspecified atom stereocenters. The van der Waals surface area contributed by atoms with Gasteiger partial charge in [-0.05, 0) is 19.3 Å². The summed E-state index contributed by atoms with van der Waals surface area (Å²) >= 11 is 0. The molecule has 0 radical (unpaired) electrons. The van der Waals surface area contributed by atoms with Gasteiger partial charge in [0.05, 0.1) is 7.11 Å². The van der Waals surface area contributed by atoms with Crippen molar-refractivity contribution in [1.29, 1.82) is 0 Å². The van der Waals surface area contributed by atoms with Crippen molar-refractivity contribution in [1.82, 2.24) is 0 Å². The molecule has 21 heavy (non-hydrogen) atoms. The number of carbonyl (C=O) groups is 1. The minimum atomic E-state index is -0.149. The first-order chi connectivity index (χ1) is 10.1. The van der Waals surface area contributed by atoms with E-state index in [-0.39, 0.29) is 17.5 Å². The van der Waals surface area contributed by atoms with Crippen LogP contribution in [0.1, 0.15) is 84.0 Å². The van der Waals surface area contributed by atoms with Crippen LogP contribution in [0.25, 0.3) is 0 Å². The van der Waals surface area contributed by atoms with Crippen molar-refractivity contribution >= 4 is 5.97 Å². The second-order valence-electron chi connectivity index (χ2n) is 5.55. The molecule has 0 aliphatic carbocycles. The summed E-state index contributed by atoms with van der Waals surface area (Å²) in [6.07, 6.45) is 10.8. The monoisotopic (exact) mass is 300 g/mol. The van der Waals surface area contributed by atoms with Crippen LogP contribution in [0.5, 0.6) is 0 Å². The Bertz CT molecular complexity index is 297. The zero-order valence-electron chi connectivity index (χ0n) is 13.7. The average Bonchev–Trinajstić information content (AvgIpc) is 2.49. The topological polar surface area (TPSA) is 66.8 Å². The number of esters is 1. The Balaban J connectivity index is 3.54. The van der Waals surface area contributed by atoms with Gasteiger partial charge in [-0.1, -0.05) is 45.4 Å². The molecule has 0 aromatic carbocycles. The zero-order valence-corrected chi connectivity index (χ0v) is 13.7. The fourth-order valence-corrected chi connectivity index (χ4v) is 2.20. The summed E-state index contributed by atoms with van der Waals surface area (Å²) < 4.78 is 4.58. The highest BCUT2D eigenvalue weighted by molar-refractivity contribution is 5.68. The lowest BCUT2D eigenvalue weighted by Gasteiger charge is -2.05. The molecule has 0 fully saturated rings. The number of aliphatic hydroxyl groups is 2. The lowest BCUT2D eigenvalue weighted by atomic mass is 10.1. The van der Waals surface area contributed by atoms with Crippen molar-refractivity contribution in [3.8, 4) is 0 Å². The van der Waals surface area contributed by atoms with Gasteiger partial charge in [-0.2, -0.15) is 0 Å². The molecule has 0 aliphatic rings. The van der Waals surface area contributed by atoms with Crippen LogP contribution in [0.3, 0.4) is 0 Å². The third kappa shape index (κ3) is 12.3. The molecule has 0 heterocycles. The molecule has 4 heteroatoms. The molecular weight excluding hydrogens is 268 g/mol. The maximum atomic E-state index is 10.9. The highest BCUT2D eigenvalue weighted by Crippen LogP contribution is 2.16. The number of unbranched alkanes of at least 4 members (excludes halogenated alkanes) is 7. The average molecular weight is 300 g/mol. The first-order valence-corrected chi connectivity index (χ1v) is 8.28. The molecule has 0 aliphatic heterocycles. The van der Waals surface area contributed by atoms with E-state index in [0.717, 1.165) is 44.9 Å². The fraction of sp³-hybridized carbons (Fsp3) is 0.824. The van der Waals surface area contributed by atoms with E-state index in [4.69, 9.17) is 0 Å². The van der Waals surface area contributed by atoms with Gasteiger partial charge in [-0.3, -0.25) is 4.79 Å². The van der Waals surface area contributed by atoms with Crippen molar-refractivity contribution in [2.24, 2.45) is 0 Å². The van der Waals surface area contributed by atoms with E-state index in [1.54, 1.807) is 0 Å². The molecule has 0 rings (SSSR count). The van der Waals surface area contributed by atoms with Gasteiger partial charge in [0.15, 0.2) is 0 Å². The fourth-order valence-electron chi connectivity index (χ4n) is 2.20.